The lowest BCUT2D eigenvalue weighted by Crippen LogP contribution is -2.74. The van der Waals surface area contributed by atoms with Crippen LogP contribution in [0.5, 0.6) is 5.75 Å². The molecule has 0 spiro atoms. The van der Waals surface area contributed by atoms with Crippen molar-refractivity contribution >= 4 is 58.4 Å². The topological polar surface area (TPSA) is 172 Å². The Bertz CT molecular complexity index is 2310. The molecule has 1 aliphatic carbocycles. The van der Waals surface area contributed by atoms with Crippen molar-refractivity contribution in [2.75, 3.05) is 49.1 Å². The highest BCUT2D eigenvalue weighted by Gasteiger charge is 2.64. The van der Waals surface area contributed by atoms with Crippen LogP contribution >= 0.6 is 11.6 Å². The number of hydrogen-bond donors (Lipinski definition) is 2. The molecule has 0 radical (unpaired) electrons. The summed E-state index contributed by atoms with van der Waals surface area (Å²) >= 11 is 6.24. The molecule has 4 aliphatic heterocycles. The van der Waals surface area contributed by atoms with Gasteiger partial charge in [-0.25, -0.2) is 0 Å². The first-order valence-corrected chi connectivity index (χ1v) is 20.9. The van der Waals surface area contributed by atoms with Crippen LogP contribution in [0.2, 0.25) is 5.02 Å². The Balaban J connectivity index is 0.806. The van der Waals surface area contributed by atoms with Gasteiger partial charge in [-0.05, 0) is 73.9 Å². The smallest absolute Gasteiger partial charge is 0.262 e. The van der Waals surface area contributed by atoms with Crippen molar-refractivity contribution in [2.45, 2.75) is 71.6 Å². The summed E-state index contributed by atoms with van der Waals surface area (Å²) < 4.78 is 6.37. The van der Waals surface area contributed by atoms with Crippen LogP contribution in [0.15, 0.2) is 60.7 Å². The lowest BCUT2D eigenvalue weighted by atomic mass is 9.49. The average molecular weight is 834 g/mol. The number of piperazine rings is 1. The first kappa shape index (κ1) is 40.8. The van der Waals surface area contributed by atoms with E-state index in [-0.39, 0.29) is 64.7 Å². The van der Waals surface area contributed by atoms with Crippen molar-refractivity contribution < 1.29 is 33.5 Å². The third-order valence-electron chi connectivity index (χ3n) is 13.1. The minimum atomic E-state index is -1.02. The number of nitrogens with zero attached hydrogens (tertiary/aromatic N) is 5. The summed E-state index contributed by atoms with van der Waals surface area (Å²) in [6.07, 6.45) is 1.39. The molecule has 3 aromatic carbocycles. The van der Waals surface area contributed by atoms with Gasteiger partial charge in [-0.15, -0.1) is 0 Å². The molecule has 4 heterocycles. The highest BCUT2D eigenvalue weighted by molar-refractivity contribution is 6.31. The van der Waals surface area contributed by atoms with Gasteiger partial charge < -0.3 is 24.8 Å². The van der Waals surface area contributed by atoms with Crippen molar-refractivity contribution in [2.24, 2.45) is 16.7 Å². The van der Waals surface area contributed by atoms with E-state index in [4.69, 9.17) is 16.3 Å². The molecular formula is C45H48ClN7O7. The summed E-state index contributed by atoms with van der Waals surface area (Å²) in [5.74, 6) is -1.66. The molecule has 1 saturated carbocycles. The van der Waals surface area contributed by atoms with E-state index in [1.165, 1.54) is 0 Å². The van der Waals surface area contributed by atoms with E-state index in [0.29, 0.717) is 48.1 Å². The SMILES string of the molecule is CC1(C)[C@H](NC(=O)c2ccc(N3CCC(C(=O)N4CCN(c5ccc6c(c5)C(=O)N(C5CCC(=O)NC5=O)C6=O)CC4)CC3)cc2)C(C)(C)[C@H]1Oc1ccc(C#N)c(Cl)c1. The molecule has 14 nitrogen and oxygen atoms in total. The number of rotatable bonds is 8. The summed E-state index contributed by atoms with van der Waals surface area (Å²) in [5.41, 5.74) is 2.42. The Hall–Kier alpha value is -5.94. The quantitative estimate of drug-likeness (QED) is 0.301. The van der Waals surface area contributed by atoms with Gasteiger partial charge in [0.25, 0.3) is 17.7 Å². The van der Waals surface area contributed by atoms with Gasteiger partial charge in [0.2, 0.25) is 17.7 Å². The van der Waals surface area contributed by atoms with Crippen LogP contribution in [0, 0.1) is 28.1 Å². The van der Waals surface area contributed by atoms with Gasteiger partial charge >= 0.3 is 0 Å². The Morgan fingerprint density at radius 3 is 2.07 bits per heavy atom. The molecule has 1 atom stereocenters. The molecule has 3 aromatic rings. The lowest BCUT2D eigenvalue weighted by Gasteiger charge is -2.63. The van der Waals surface area contributed by atoms with E-state index in [1.807, 2.05) is 29.2 Å². The zero-order chi connectivity index (χ0) is 42.7. The number of anilines is 2. The molecular weight excluding hydrogens is 786 g/mol. The number of ether oxygens (including phenoxy) is 1. The fraction of sp³-hybridized carbons (Fsp3) is 0.444. The van der Waals surface area contributed by atoms with Crippen LogP contribution in [-0.2, 0) is 14.4 Å². The molecule has 312 valence electrons. The van der Waals surface area contributed by atoms with Crippen LogP contribution in [0.25, 0.3) is 0 Å². The van der Waals surface area contributed by atoms with Crippen molar-refractivity contribution in [1.82, 2.24) is 20.4 Å². The van der Waals surface area contributed by atoms with Crippen molar-refractivity contribution in [3.63, 3.8) is 0 Å². The Morgan fingerprint density at radius 1 is 0.800 bits per heavy atom. The summed E-state index contributed by atoms with van der Waals surface area (Å²) in [5, 5.41) is 15.0. The monoisotopic (exact) mass is 833 g/mol. The van der Waals surface area contributed by atoms with E-state index in [2.05, 4.69) is 54.2 Å². The Labute approximate surface area is 353 Å². The van der Waals surface area contributed by atoms with Crippen LogP contribution in [0.4, 0.5) is 11.4 Å². The largest absolute Gasteiger partial charge is 0.489 e. The van der Waals surface area contributed by atoms with Crippen molar-refractivity contribution in [3.8, 4) is 11.8 Å². The van der Waals surface area contributed by atoms with Crippen LogP contribution < -0.4 is 25.2 Å². The molecule has 1 unspecified atom stereocenters. The second-order valence-corrected chi connectivity index (χ2v) is 18.0. The number of amides is 6. The third kappa shape index (κ3) is 7.23. The number of fused-ring (bicyclic) bond motifs is 1. The number of nitriles is 1. The fourth-order valence-electron chi connectivity index (χ4n) is 10.1. The van der Waals surface area contributed by atoms with Gasteiger partial charge in [-0.3, -0.25) is 39.0 Å². The number of nitrogens with one attached hydrogen (secondary N) is 2. The van der Waals surface area contributed by atoms with Gasteiger partial charge in [-0.2, -0.15) is 5.26 Å². The minimum absolute atomic E-state index is 0.0611. The van der Waals surface area contributed by atoms with E-state index in [1.54, 1.807) is 36.4 Å². The number of carbonyl (C=O) groups excluding carboxylic acids is 6. The number of piperidine rings is 2. The van der Waals surface area contributed by atoms with Gasteiger partial charge in [0.05, 0.1) is 21.7 Å². The molecule has 3 saturated heterocycles. The van der Waals surface area contributed by atoms with Gasteiger partial charge in [0.1, 0.15) is 24.0 Å². The Morgan fingerprint density at radius 2 is 1.43 bits per heavy atom. The summed E-state index contributed by atoms with van der Waals surface area (Å²) in [6.45, 7) is 11.9. The van der Waals surface area contributed by atoms with Crippen LogP contribution in [0.3, 0.4) is 0 Å². The standard InChI is InChI=1S/C45H48ClN7O7/c1-44(2)42(45(3,4)43(44)60-31-11-7-28(25-47)34(46)24-31)49-37(55)26-5-8-29(9-6-26)50-17-15-27(16-18-50)39(57)52-21-19-51(20-22-52)30-10-12-32-33(23-30)41(59)53(40(32)58)35-13-14-36(54)48-38(35)56/h5-12,23-24,27,35,42-43H,13-22H2,1-4H3,(H,49,55)(H,48,54,56)/t35?,42-,43-. The van der Waals surface area contributed by atoms with Gasteiger partial charge in [-0.1, -0.05) is 39.3 Å². The maximum Gasteiger partial charge on any atom is 0.262 e. The molecule has 6 amide bonds. The number of imide groups is 2. The molecule has 2 N–H and O–H groups in total. The van der Waals surface area contributed by atoms with E-state index >= 15 is 0 Å². The van der Waals surface area contributed by atoms with Crippen molar-refractivity contribution in [3.05, 3.63) is 87.9 Å². The number of carbonyl (C=O) groups is 6. The summed E-state index contributed by atoms with van der Waals surface area (Å²) in [4.78, 5) is 84.9. The highest BCUT2D eigenvalue weighted by Crippen LogP contribution is 2.55. The normalized spacial score (nSPS) is 23.7. The predicted octanol–water partition coefficient (Wildman–Crippen LogP) is 4.79. The maximum absolute atomic E-state index is 13.7. The fourth-order valence-corrected chi connectivity index (χ4v) is 10.3. The predicted molar refractivity (Wildman–Crippen MR) is 223 cm³/mol. The third-order valence-corrected chi connectivity index (χ3v) is 13.5. The molecule has 15 heteroatoms. The second-order valence-electron chi connectivity index (χ2n) is 17.6. The van der Waals surface area contributed by atoms with E-state index in [9.17, 15) is 34.0 Å². The molecule has 0 aromatic heterocycles. The zero-order valence-electron chi connectivity index (χ0n) is 34.1. The minimum Gasteiger partial charge on any atom is -0.489 e. The maximum atomic E-state index is 13.7. The van der Waals surface area contributed by atoms with Gasteiger partial charge in [0, 0.05) is 91.5 Å². The summed E-state index contributed by atoms with van der Waals surface area (Å²) in [6, 6.07) is 18.6. The molecule has 5 aliphatic rings. The van der Waals surface area contributed by atoms with Crippen LogP contribution in [0.1, 0.15) is 90.0 Å². The first-order chi connectivity index (χ1) is 28.6. The first-order valence-electron chi connectivity index (χ1n) is 20.5. The zero-order valence-corrected chi connectivity index (χ0v) is 34.9. The molecule has 4 fully saturated rings. The summed E-state index contributed by atoms with van der Waals surface area (Å²) in [7, 11) is 0. The molecule has 60 heavy (non-hydrogen) atoms. The number of hydrogen-bond acceptors (Lipinski definition) is 10. The molecule has 8 rings (SSSR count). The Kier molecular flexibility index (Phi) is 10.6. The van der Waals surface area contributed by atoms with Crippen LogP contribution in [-0.4, -0.2) is 103 Å². The van der Waals surface area contributed by atoms with Gasteiger partial charge in [0.15, 0.2) is 0 Å². The average Bonchev–Trinajstić information content (AvgIpc) is 3.49. The number of halogens is 1. The van der Waals surface area contributed by atoms with Crippen molar-refractivity contribution in [1.29, 1.82) is 5.26 Å². The highest BCUT2D eigenvalue weighted by atomic mass is 35.5. The van der Waals surface area contributed by atoms with E-state index in [0.717, 1.165) is 42.2 Å². The molecule has 0 bridgehead atoms. The van der Waals surface area contributed by atoms with E-state index < -0.39 is 29.7 Å². The lowest BCUT2D eigenvalue weighted by molar-refractivity contribution is -0.164. The second kappa shape index (κ2) is 15.6. The number of benzene rings is 3.